The van der Waals surface area contributed by atoms with E-state index in [1.807, 2.05) is 0 Å². The number of carbonyl (C=O) groups is 2. The van der Waals surface area contributed by atoms with Crippen LogP contribution in [0, 0.1) is 0 Å². The van der Waals surface area contributed by atoms with Gasteiger partial charge in [-0.25, -0.2) is 9.18 Å². The summed E-state index contributed by atoms with van der Waals surface area (Å²) in [6, 6.07) is 2.08. The van der Waals surface area contributed by atoms with E-state index in [9.17, 15) is 14.0 Å². The van der Waals surface area contributed by atoms with Crippen molar-refractivity contribution in [1.29, 1.82) is 0 Å². The van der Waals surface area contributed by atoms with E-state index in [1.54, 1.807) is 20.8 Å². The Morgan fingerprint density at radius 2 is 2.04 bits per heavy atom. The lowest BCUT2D eigenvalue weighted by atomic mass is 10.0. The maximum atomic E-state index is 14.6. The van der Waals surface area contributed by atoms with Crippen molar-refractivity contribution >= 4 is 29.3 Å². The van der Waals surface area contributed by atoms with Gasteiger partial charge in [0.2, 0.25) is 0 Å². The number of nitrogens with one attached hydrogen (secondary N) is 1. The summed E-state index contributed by atoms with van der Waals surface area (Å²) in [7, 11) is 1.40. The van der Waals surface area contributed by atoms with E-state index >= 15 is 0 Å². The number of alkyl halides is 1. The Morgan fingerprint density at radius 1 is 1.37 bits per heavy atom. The Bertz CT molecular complexity index is 723. The topological polar surface area (TPSA) is 93.9 Å². The number of ether oxygens (including phenoxy) is 2. The minimum absolute atomic E-state index is 0.153. The fraction of sp³-hybridized carbons (Fsp3) is 0.556. The highest BCUT2D eigenvalue weighted by molar-refractivity contribution is 6.33. The summed E-state index contributed by atoms with van der Waals surface area (Å²) in [6.45, 7) is 5.36. The fourth-order valence-corrected chi connectivity index (χ4v) is 2.88. The van der Waals surface area contributed by atoms with Gasteiger partial charge in [-0.3, -0.25) is 4.79 Å². The third kappa shape index (κ3) is 5.38. The van der Waals surface area contributed by atoms with Crippen LogP contribution < -0.4 is 15.8 Å². The van der Waals surface area contributed by atoms with Crippen LogP contribution in [0.2, 0.25) is 5.02 Å². The molecule has 7 nitrogen and oxygen atoms in total. The Balaban J connectivity index is 2.02. The standard InChI is InChI=1S/C18H25ClFN3O4/c1-18(2,3)27-17(25)23-6-5-14(12(20)9-23)22-16(24)10-7-11(19)13(21)8-15(10)26-4/h7-8,12,14H,5-6,9,21H2,1-4H3,(H,22,24). The SMILES string of the molecule is COc1cc(N)c(Cl)cc1C(=O)NC1CCN(C(=O)OC(C)(C)C)CC1F. The molecular formula is C18H25ClFN3O4. The van der Waals surface area contributed by atoms with E-state index in [2.05, 4.69) is 5.32 Å². The van der Waals surface area contributed by atoms with Crippen LogP contribution in [0.5, 0.6) is 5.75 Å². The second kappa shape index (κ2) is 8.21. The third-order valence-corrected chi connectivity index (χ3v) is 4.40. The minimum Gasteiger partial charge on any atom is -0.496 e. The minimum atomic E-state index is -1.43. The van der Waals surface area contributed by atoms with Gasteiger partial charge in [-0.05, 0) is 33.3 Å². The van der Waals surface area contributed by atoms with Crippen LogP contribution >= 0.6 is 11.6 Å². The number of benzene rings is 1. The Kier molecular flexibility index (Phi) is 6.41. The number of hydrogen-bond donors (Lipinski definition) is 2. The van der Waals surface area contributed by atoms with Crippen LogP contribution in [0.25, 0.3) is 0 Å². The predicted octanol–water partition coefficient (Wildman–Crippen LogP) is 3.01. The molecule has 1 aliphatic heterocycles. The molecule has 0 radical (unpaired) electrons. The number of likely N-dealkylation sites (tertiary alicyclic amines) is 1. The number of piperidine rings is 1. The van der Waals surface area contributed by atoms with Crippen molar-refractivity contribution in [3.8, 4) is 5.75 Å². The summed E-state index contributed by atoms with van der Waals surface area (Å²) < 4.78 is 25.0. The van der Waals surface area contributed by atoms with Crippen molar-refractivity contribution in [1.82, 2.24) is 10.2 Å². The number of anilines is 1. The van der Waals surface area contributed by atoms with E-state index in [0.717, 1.165) is 0 Å². The molecule has 1 aromatic carbocycles. The number of nitrogens with zero attached hydrogens (tertiary/aromatic N) is 1. The molecule has 27 heavy (non-hydrogen) atoms. The maximum absolute atomic E-state index is 14.6. The molecule has 2 unspecified atom stereocenters. The van der Waals surface area contributed by atoms with Gasteiger partial charge in [-0.2, -0.15) is 0 Å². The molecule has 0 saturated carbocycles. The van der Waals surface area contributed by atoms with Crippen molar-refractivity contribution in [2.45, 2.75) is 45.0 Å². The smallest absolute Gasteiger partial charge is 0.410 e. The quantitative estimate of drug-likeness (QED) is 0.759. The number of nitrogen functional groups attached to an aromatic ring is 1. The average molecular weight is 402 g/mol. The second-order valence-corrected chi connectivity index (χ2v) is 7.79. The van der Waals surface area contributed by atoms with Crippen molar-refractivity contribution in [2.24, 2.45) is 0 Å². The number of hydrogen-bond acceptors (Lipinski definition) is 5. The molecule has 1 saturated heterocycles. The first-order valence-electron chi connectivity index (χ1n) is 8.57. The van der Waals surface area contributed by atoms with E-state index in [1.165, 1.54) is 24.1 Å². The number of amides is 2. The molecular weight excluding hydrogens is 377 g/mol. The van der Waals surface area contributed by atoms with Gasteiger partial charge >= 0.3 is 6.09 Å². The molecule has 2 rings (SSSR count). The van der Waals surface area contributed by atoms with Crippen molar-refractivity contribution in [3.05, 3.63) is 22.7 Å². The first-order chi connectivity index (χ1) is 12.5. The molecule has 3 N–H and O–H groups in total. The van der Waals surface area contributed by atoms with Crippen LogP contribution in [0.1, 0.15) is 37.6 Å². The molecule has 0 aliphatic carbocycles. The van der Waals surface area contributed by atoms with E-state index in [0.29, 0.717) is 0 Å². The monoisotopic (exact) mass is 401 g/mol. The molecule has 1 heterocycles. The Morgan fingerprint density at radius 3 is 2.59 bits per heavy atom. The number of nitrogens with two attached hydrogens (primary N) is 1. The van der Waals surface area contributed by atoms with Gasteiger partial charge in [0, 0.05) is 12.6 Å². The predicted molar refractivity (Wildman–Crippen MR) is 101 cm³/mol. The molecule has 9 heteroatoms. The van der Waals surface area contributed by atoms with Crippen LogP contribution in [0.15, 0.2) is 12.1 Å². The summed E-state index contributed by atoms with van der Waals surface area (Å²) in [5.41, 5.74) is 5.49. The zero-order valence-electron chi connectivity index (χ0n) is 15.8. The van der Waals surface area contributed by atoms with Crippen molar-refractivity contribution < 1.29 is 23.5 Å². The molecule has 0 bridgehead atoms. The number of carbonyl (C=O) groups excluding carboxylic acids is 2. The number of halogens is 2. The van der Waals surface area contributed by atoms with Gasteiger partial charge in [0.25, 0.3) is 5.91 Å². The summed E-state index contributed by atoms with van der Waals surface area (Å²) in [4.78, 5) is 25.9. The van der Waals surface area contributed by atoms with Gasteiger partial charge < -0.3 is 25.4 Å². The highest BCUT2D eigenvalue weighted by Crippen LogP contribution is 2.29. The lowest BCUT2D eigenvalue weighted by Crippen LogP contribution is -2.54. The number of methoxy groups -OCH3 is 1. The lowest BCUT2D eigenvalue weighted by molar-refractivity contribution is 0.00972. The van der Waals surface area contributed by atoms with Gasteiger partial charge in [0.05, 0.1) is 36.0 Å². The molecule has 1 aromatic rings. The molecule has 150 valence electrons. The summed E-state index contributed by atoms with van der Waals surface area (Å²) in [5.74, 6) is -0.275. The summed E-state index contributed by atoms with van der Waals surface area (Å²) in [5, 5.41) is 2.85. The maximum Gasteiger partial charge on any atom is 0.410 e. The van der Waals surface area contributed by atoms with Crippen LogP contribution in [0.4, 0.5) is 14.9 Å². The second-order valence-electron chi connectivity index (χ2n) is 7.38. The average Bonchev–Trinajstić information content (AvgIpc) is 2.56. The van der Waals surface area contributed by atoms with Gasteiger partial charge in [0.1, 0.15) is 17.5 Å². The largest absolute Gasteiger partial charge is 0.496 e. The highest BCUT2D eigenvalue weighted by atomic mass is 35.5. The van der Waals surface area contributed by atoms with E-state index < -0.39 is 29.8 Å². The lowest BCUT2D eigenvalue weighted by Gasteiger charge is -2.35. The summed E-state index contributed by atoms with van der Waals surface area (Å²) in [6.07, 6.45) is -1.73. The highest BCUT2D eigenvalue weighted by Gasteiger charge is 2.35. The summed E-state index contributed by atoms with van der Waals surface area (Å²) >= 11 is 5.97. The van der Waals surface area contributed by atoms with E-state index in [-0.39, 0.29) is 41.5 Å². The normalized spacial score (nSPS) is 20.1. The van der Waals surface area contributed by atoms with Gasteiger partial charge in [-0.1, -0.05) is 11.6 Å². The zero-order chi connectivity index (χ0) is 20.4. The van der Waals surface area contributed by atoms with Crippen LogP contribution in [-0.4, -0.2) is 54.9 Å². The van der Waals surface area contributed by atoms with E-state index in [4.69, 9.17) is 26.8 Å². The van der Waals surface area contributed by atoms with Gasteiger partial charge in [-0.15, -0.1) is 0 Å². The Labute approximate surface area is 162 Å². The first kappa shape index (κ1) is 21.1. The molecule has 0 aromatic heterocycles. The molecule has 1 fully saturated rings. The fourth-order valence-electron chi connectivity index (χ4n) is 2.72. The molecule has 1 aliphatic rings. The molecule has 2 atom stereocenters. The molecule has 2 amide bonds. The first-order valence-corrected chi connectivity index (χ1v) is 8.95. The zero-order valence-corrected chi connectivity index (χ0v) is 16.6. The van der Waals surface area contributed by atoms with Crippen LogP contribution in [0.3, 0.4) is 0 Å². The van der Waals surface area contributed by atoms with Gasteiger partial charge in [0.15, 0.2) is 0 Å². The third-order valence-electron chi connectivity index (χ3n) is 4.07. The van der Waals surface area contributed by atoms with Crippen molar-refractivity contribution in [3.63, 3.8) is 0 Å². The van der Waals surface area contributed by atoms with Crippen molar-refractivity contribution in [2.75, 3.05) is 25.9 Å². The Hall–Kier alpha value is -2.22. The molecule has 0 spiro atoms. The van der Waals surface area contributed by atoms with Crippen LogP contribution in [-0.2, 0) is 4.74 Å². The number of rotatable bonds is 3.